The van der Waals surface area contributed by atoms with Crippen LogP contribution in [-0.2, 0) is 13.1 Å². The average molecular weight is 465 g/mol. The molecular weight excluding hydrogens is 447 g/mol. The molecule has 166 valence electrons. The molecule has 0 saturated heterocycles. The van der Waals surface area contributed by atoms with Crippen LogP contribution in [0.2, 0.25) is 5.02 Å². The van der Waals surface area contributed by atoms with Crippen molar-refractivity contribution in [2.24, 2.45) is 0 Å². The Balaban J connectivity index is 1.13. The number of hydrogen-bond donors (Lipinski definition) is 1. The lowest BCUT2D eigenvalue weighted by Gasteiger charge is -2.03. The number of halogens is 2. The minimum atomic E-state index is -0.690. The number of carbonyl (C=O) groups excluding carboxylic acids is 1. The quantitative estimate of drug-likeness (QED) is 0.416. The van der Waals surface area contributed by atoms with Gasteiger partial charge in [0.25, 0.3) is 5.91 Å². The van der Waals surface area contributed by atoms with E-state index < -0.39 is 11.7 Å². The second-order valence-corrected chi connectivity index (χ2v) is 8.56. The lowest BCUT2D eigenvalue weighted by atomic mass is 10.2. The summed E-state index contributed by atoms with van der Waals surface area (Å²) in [6.07, 6.45) is 11.3. The van der Waals surface area contributed by atoms with Gasteiger partial charge in [-0.1, -0.05) is 22.9 Å². The Kier molecular flexibility index (Phi) is 4.61. The van der Waals surface area contributed by atoms with Gasteiger partial charge in [-0.05, 0) is 36.5 Å². The van der Waals surface area contributed by atoms with E-state index >= 15 is 0 Å². The van der Waals surface area contributed by atoms with E-state index in [0.29, 0.717) is 18.2 Å². The Morgan fingerprint density at radius 3 is 2.88 bits per heavy atom. The van der Waals surface area contributed by atoms with Crippen molar-refractivity contribution >= 4 is 28.7 Å². The van der Waals surface area contributed by atoms with E-state index in [-0.39, 0.29) is 22.8 Å². The summed E-state index contributed by atoms with van der Waals surface area (Å²) in [4.78, 5) is 21.2. The molecule has 1 amide bonds. The number of imidazole rings is 2. The van der Waals surface area contributed by atoms with Crippen molar-refractivity contribution in [3.05, 3.63) is 82.8 Å². The Bertz CT molecular complexity index is 1520. The van der Waals surface area contributed by atoms with E-state index in [0.717, 1.165) is 11.3 Å². The molecule has 1 N–H and O–H groups in total. The topological polar surface area (TPSA) is 94.4 Å². The van der Waals surface area contributed by atoms with Gasteiger partial charge in [-0.2, -0.15) is 0 Å². The highest BCUT2D eigenvalue weighted by Crippen LogP contribution is 2.39. The van der Waals surface area contributed by atoms with Gasteiger partial charge in [0, 0.05) is 18.6 Å². The molecule has 6 rings (SSSR count). The maximum Gasteiger partial charge on any atom is 0.272 e. The van der Waals surface area contributed by atoms with Crippen LogP contribution in [0, 0.1) is 5.82 Å². The van der Waals surface area contributed by atoms with Gasteiger partial charge in [0.15, 0.2) is 11.5 Å². The largest absolute Gasteiger partial charge is 0.345 e. The van der Waals surface area contributed by atoms with E-state index in [4.69, 9.17) is 11.6 Å². The van der Waals surface area contributed by atoms with Crippen molar-refractivity contribution in [1.82, 2.24) is 39.1 Å². The summed E-state index contributed by atoms with van der Waals surface area (Å²) in [5.41, 5.74) is 3.64. The summed E-state index contributed by atoms with van der Waals surface area (Å²) in [6, 6.07) is 5.58. The predicted octanol–water partition coefficient (Wildman–Crippen LogP) is 3.22. The third kappa shape index (κ3) is 3.72. The van der Waals surface area contributed by atoms with Crippen LogP contribution in [0.3, 0.4) is 0 Å². The lowest BCUT2D eigenvalue weighted by molar-refractivity contribution is 0.0947. The second kappa shape index (κ2) is 7.66. The molecule has 0 spiro atoms. The van der Waals surface area contributed by atoms with E-state index in [1.807, 2.05) is 16.7 Å². The summed E-state index contributed by atoms with van der Waals surface area (Å²) < 4.78 is 19.5. The summed E-state index contributed by atoms with van der Waals surface area (Å²) in [5.74, 6) is -0.536. The first kappa shape index (κ1) is 19.9. The monoisotopic (exact) mass is 464 g/mol. The Labute approximate surface area is 191 Å². The fourth-order valence-corrected chi connectivity index (χ4v) is 4.05. The van der Waals surface area contributed by atoms with Crippen LogP contribution in [0.15, 0.2) is 49.3 Å². The van der Waals surface area contributed by atoms with Crippen molar-refractivity contribution in [3.63, 3.8) is 0 Å². The molecule has 5 heterocycles. The van der Waals surface area contributed by atoms with Gasteiger partial charge in [0.1, 0.15) is 23.2 Å². The summed E-state index contributed by atoms with van der Waals surface area (Å²) in [7, 11) is 0. The summed E-state index contributed by atoms with van der Waals surface area (Å²) in [5, 5.41) is 10.9. The molecule has 9 nitrogen and oxygen atoms in total. The molecule has 1 aliphatic carbocycles. The van der Waals surface area contributed by atoms with Gasteiger partial charge in [-0.3, -0.25) is 4.79 Å². The van der Waals surface area contributed by atoms with Gasteiger partial charge in [-0.15, -0.1) is 5.10 Å². The van der Waals surface area contributed by atoms with Gasteiger partial charge in [0.05, 0.1) is 30.0 Å². The highest BCUT2D eigenvalue weighted by molar-refractivity contribution is 6.31. The van der Waals surface area contributed by atoms with Crippen molar-refractivity contribution in [2.45, 2.75) is 31.8 Å². The minimum Gasteiger partial charge on any atom is -0.345 e. The number of aromatic nitrogens is 7. The fraction of sp³-hybridized carbons (Fsp3) is 0.227. The van der Waals surface area contributed by atoms with Crippen LogP contribution in [0.5, 0.6) is 0 Å². The van der Waals surface area contributed by atoms with Gasteiger partial charge >= 0.3 is 0 Å². The SMILES string of the molecule is O=C(NCc1cn(Cc2cn3cc(C4CC4)ccc3n2)nn1)c1ncn2ccc(Cl)c(F)c12. The molecule has 0 radical (unpaired) electrons. The van der Waals surface area contributed by atoms with E-state index in [9.17, 15) is 9.18 Å². The van der Waals surface area contributed by atoms with E-state index in [1.54, 1.807) is 17.1 Å². The van der Waals surface area contributed by atoms with Crippen LogP contribution in [0.25, 0.3) is 11.2 Å². The Hall–Kier alpha value is -3.79. The number of fused-ring (bicyclic) bond motifs is 2. The first-order valence-corrected chi connectivity index (χ1v) is 10.9. The normalized spacial score (nSPS) is 13.8. The molecule has 5 aromatic heterocycles. The maximum absolute atomic E-state index is 14.4. The molecule has 0 aliphatic heterocycles. The van der Waals surface area contributed by atoms with Crippen LogP contribution < -0.4 is 5.32 Å². The smallest absolute Gasteiger partial charge is 0.272 e. The van der Waals surface area contributed by atoms with Gasteiger partial charge in [0.2, 0.25) is 0 Å². The van der Waals surface area contributed by atoms with Crippen molar-refractivity contribution in [3.8, 4) is 0 Å². The molecule has 11 heteroatoms. The van der Waals surface area contributed by atoms with Gasteiger partial charge in [-0.25, -0.2) is 19.0 Å². The molecule has 1 aliphatic rings. The zero-order valence-corrected chi connectivity index (χ0v) is 18.1. The molecule has 0 unspecified atom stereocenters. The lowest BCUT2D eigenvalue weighted by Crippen LogP contribution is -2.23. The molecule has 0 bridgehead atoms. The number of hydrogen-bond acceptors (Lipinski definition) is 5. The number of carbonyl (C=O) groups is 1. The zero-order valence-electron chi connectivity index (χ0n) is 17.3. The van der Waals surface area contributed by atoms with E-state index in [1.165, 1.54) is 35.2 Å². The highest BCUT2D eigenvalue weighted by atomic mass is 35.5. The highest BCUT2D eigenvalue weighted by Gasteiger charge is 2.24. The fourth-order valence-electron chi connectivity index (χ4n) is 3.90. The van der Waals surface area contributed by atoms with Crippen LogP contribution >= 0.6 is 11.6 Å². The molecule has 1 fully saturated rings. The Morgan fingerprint density at radius 2 is 2.03 bits per heavy atom. The van der Waals surface area contributed by atoms with Crippen LogP contribution in [-0.4, -0.2) is 39.7 Å². The number of amides is 1. The second-order valence-electron chi connectivity index (χ2n) is 8.15. The number of pyridine rings is 2. The molecular formula is C22H18ClFN8O. The zero-order chi connectivity index (χ0) is 22.5. The first-order chi connectivity index (χ1) is 16.0. The van der Waals surface area contributed by atoms with Crippen molar-refractivity contribution in [1.29, 1.82) is 0 Å². The first-order valence-electron chi connectivity index (χ1n) is 10.5. The van der Waals surface area contributed by atoms with Gasteiger partial charge < -0.3 is 14.1 Å². The Morgan fingerprint density at radius 1 is 1.15 bits per heavy atom. The summed E-state index contributed by atoms with van der Waals surface area (Å²) >= 11 is 5.84. The molecule has 1 saturated carbocycles. The molecule has 33 heavy (non-hydrogen) atoms. The molecule has 0 atom stereocenters. The third-order valence-electron chi connectivity index (χ3n) is 5.72. The van der Waals surface area contributed by atoms with Crippen LogP contribution in [0.4, 0.5) is 4.39 Å². The third-order valence-corrected chi connectivity index (χ3v) is 6.01. The minimum absolute atomic E-state index is 0.0281. The summed E-state index contributed by atoms with van der Waals surface area (Å²) in [6.45, 7) is 0.576. The number of nitrogens with zero attached hydrogens (tertiary/aromatic N) is 7. The predicted molar refractivity (Wildman–Crippen MR) is 118 cm³/mol. The standard InChI is InChI=1S/C22H18ClFN8O/c23-17-5-6-30-12-26-20(21(30)19(17)24)22(33)25-7-15-10-32(29-28-15)11-16-9-31-8-14(13-1-2-13)3-4-18(31)27-16/h3-6,8-10,12-13H,1-2,7,11H2,(H,25,33). The van der Waals surface area contributed by atoms with Crippen molar-refractivity contribution in [2.75, 3.05) is 0 Å². The van der Waals surface area contributed by atoms with E-state index in [2.05, 4.69) is 37.9 Å². The average Bonchev–Trinajstić information content (AvgIpc) is 3.23. The van der Waals surface area contributed by atoms with Crippen LogP contribution in [0.1, 0.15) is 46.2 Å². The molecule has 0 aromatic carbocycles. The van der Waals surface area contributed by atoms with Crippen molar-refractivity contribution < 1.29 is 9.18 Å². The number of nitrogens with one attached hydrogen (secondary N) is 1. The maximum atomic E-state index is 14.4. The molecule has 5 aromatic rings. The number of rotatable bonds is 6.